The zero-order chi connectivity index (χ0) is 17.5. The summed E-state index contributed by atoms with van der Waals surface area (Å²) in [7, 11) is -2.21. The summed E-state index contributed by atoms with van der Waals surface area (Å²) in [5.41, 5.74) is 1.27. The summed E-state index contributed by atoms with van der Waals surface area (Å²) in [6.07, 6.45) is 3.53. The maximum absolute atomic E-state index is 12.5. The fourth-order valence-corrected chi connectivity index (χ4v) is 4.73. The Morgan fingerprint density at radius 2 is 1.71 bits per heavy atom. The number of rotatable bonds is 4. The minimum Gasteiger partial charge on any atom is -0.278 e. The molecule has 1 aliphatic carbocycles. The van der Waals surface area contributed by atoms with Gasteiger partial charge in [-0.05, 0) is 44.0 Å². The number of carbonyl (C=O) groups is 2. The molecule has 6 nitrogen and oxygen atoms in total. The number of hydrogen-bond donors (Lipinski definition) is 1. The number of amides is 2. The summed E-state index contributed by atoms with van der Waals surface area (Å²) < 4.78 is 26.5. The number of fused-ring (bicyclic) bond motifs is 1. The van der Waals surface area contributed by atoms with Crippen LogP contribution >= 0.6 is 0 Å². The fourth-order valence-electron chi connectivity index (χ4n) is 3.71. The zero-order valence-corrected chi connectivity index (χ0v) is 14.7. The van der Waals surface area contributed by atoms with Crippen molar-refractivity contribution >= 4 is 21.8 Å². The van der Waals surface area contributed by atoms with Gasteiger partial charge in [0.1, 0.15) is 0 Å². The molecule has 7 heteroatoms. The van der Waals surface area contributed by atoms with E-state index in [1.165, 1.54) is 11.9 Å². The highest BCUT2D eigenvalue weighted by molar-refractivity contribution is 7.89. The molecule has 1 aliphatic heterocycles. The van der Waals surface area contributed by atoms with Gasteiger partial charge in [0.15, 0.2) is 0 Å². The summed E-state index contributed by atoms with van der Waals surface area (Å²) in [4.78, 5) is 26.6. The van der Waals surface area contributed by atoms with Gasteiger partial charge in [-0.25, -0.2) is 13.1 Å². The van der Waals surface area contributed by atoms with Crippen LogP contribution in [0.2, 0.25) is 0 Å². The Kier molecular flexibility index (Phi) is 4.48. The molecule has 1 N–H and O–H groups in total. The van der Waals surface area contributed by atoms with Gasteiger partial charge < -0.3 is 0 Å². The summed E-state index contributed by atoms with van der Waals surface area (Å²) >= 11 is 0. The van der Waals surface area contributed by atoms with E-state index in [4.69, 9.17) is 0 Å². The van der Waals surface area contributed by atoms with Gasteiger partial charge in [-0.2, -0.15) is 0 Å². The number of benzene rings is 1. The molecule has 1 saturated carbocycles. The van der Waals surface area contributed by atoms with Gasteiger partial charge in [0.2, 0.25) is 21.8 Å². The second-order valence-corrected chi connectivity index (χ2v) is 8.42. The van der Waals surface area contributed by atoms with Crippen LogP contribution in [0.4, 0.5) is 0 Å². The predicted octanol–water partition coefficient (Wildman–Crippen LogP) is 1.58. The molecule has 1 aromatic rings. The normalized spacial score (nSPS) is 24.3. The lowest BCUT2D eigenvalue weighted by Crippen LogP contribution is -2.30. The van der Waals surface area contributed by atoms with Crippen molar-refractivity contribution in [2.24, 2.45) is 11.8 Å². The highest BCUT2D eigenvalue weighted by Gasteiger charge is 2.47. The highest BCUT2D eigenvalue weighted by Crippen LogP contribution is 2.38. The Labute approximate surface area is 142 Å². The molecule has 3 rings (SSSR count). The van der Waals surface area contributed by atoms with Crippen LogP contribution in [-0.2, 0) is 26.2 Å². The third-order valence-electron chi connectivity index (χ3n) is 5.08. The lowest BCUT2D eigenvalue weighted by molar-refractivity contribution is -0.140. The van der Waals surface area contributed by atoms with Gasteiger partial charge in [0, 0.05) is 0 Å². The van der Waals surface area contributed by atoms with Crippen molar-refractivity contribution in [3.05, 3.63) is 29.3 Å². The number of hydrogen-bond acceptors (Lipinski definition) is 4. The van der Waals surface area contributed by atoms with Crippen molar-refractivity contribution < 1.29 is 18.0 Å². The molecule has 0 spiro atoms. The first-order valence-electron chi connectivity index (χ1n) is 8.23. The first kappa shape index (κ1) is 17.1. The largest absolute Gasteiger partial charge is 0.278 e. The SMILES string of the molecule is CNS(=O)(=O)c1cc(CN2C(=O)[C@H]3CCCC[C@@H]3C2=O)ccc1C. The Morgan fingerprint density at radius 1 is 1.12 bits per heavy atom. The van der Waals surface area contributed by atoms with Crippen LogP contribution in [0.15, 0.2) is 23.1 Å². The van der Waals surface area contributed by atoms with Crippen LogP contribution in [-0.4, -0.2) is 32.2 Å². The molecule has 1 heterocycles. The summed E-state index contributed by atoms with van der Waals surface area (Å²) in [6.45, 7) is 1.85. The van der Waals surface area contributed by atoms with Crippen molar-refractivity contribution in [3.63, 3.8) is 0 Å². The monoisotopic (exact) mass is 350 g/mol. The van der Waals surface area contributed by atoms with Gasteiger partial charge in [-0.1, -0.05) is 25.0 Å². The third kappa shape index (κ3) is 2.86. The average molecular weight is 350 g/mol. The van der Waals surface area contributed by atoms with Crippen molar-refractivity contribution in [2.45, 2.75) is 44.0 Å². The van der Waals surface area contributed by atoms with Gasteiger partial charge in [0.05, 0.1) is 23.3 Å². The first-order valence-corrected chi connectivity index (χ1v) is 9.72. The van der Waals surface area contributed by atoms with E-state index >= 15 is 0 Å². The Morgan fingerprint density at radius 3 is 2.25 bits per heavy atom. The van der Waals surface area contributed by atoms with Crippen LogP contribution in [0.1, 0.15) is 36.8 Å². The molecule has 2 atom stereocenters. The number of nitrogens with zero attached hydrogens (tertiary/aromatic N) is 1. The van der Waals surface area contributed by atoms with E-state index in [0.29, 0.717) is 11.1 Å². The number of sulfonamides is 1. The molecule has 2 aliphatic rings. The quantitative estimate of drug-likeness (QED) is 0.836. The molecule has 1 saturated heterocycles. The van der Waals surface area contributed by atoms with Crippen molar-refractivity contribution in [1.29, 1.82) is 0 Å². The lowest BCUT2D eigenvalue weighted by atomic mass is 9.81. The van der Waals surface area contributed by atoms with Crippen molar-refractivity contribution in [3.8, 4) is 0 Å². The van der Waals surface area contributed by atoms with Crippen molar-refractivity contribution in [1.82, 2.24) is 9.62 Å². The Bertz CT molecular complexity index is 764. The maximum atomic E-state index is 12.5. The van der Waals surface area contributed by atoms with Gasteiger partial charge in [-0.15, -0.1) is 0 Å². The smallest absolute Gasteiger partial charge is 0.240 e. The Balaban J connectivity index is 1.88. The molecule has 0 bridgehead atoms. The number of imide groups is 1. The minimum atomic E-state index is -3.57. The fraction of sp³-hybridized carbons (Fsp3) is 0.529. The second-order valence-electron chi connectivity index (χ2n) is 6.57. The lowest BCUT2D eigenvalue weighted by Gasteiger charge is -2.19. The van der Waals surface area contributed by atoms with E-state index in [2.05, 4.69) is 4.72 Å². The molecule has 130 valence electrons. The molecule has 2 amide bonds. The Hall–Kier alpha value is -1.73. The van der Waals surface area contributed by atoms with E-state index < -0.39 is 10.0 Å². The van der Waals surface area contributed by atoms with E-state index in [1.54, 1.807) is 25.1 Å². The molecule has 0 aromatic heterocycles. The van der Waals surface area contributed by atoms with Crippen LogP contribution in [0.3, 0.4) is 0 Å². The molecule has 0 radical (unpaired) electrons. The van der Waals surface area contributed by atoms with E-state index in [1.807, 2.05) is 0 Å². The average Bonchev–Trinajstić information content (AvgIpc) is 2.82. The van der Waals surface area contributed by atoms with Gasteiger partial charge >= 0.3 is 0 Å². The van der Waals surface area contributed by atoms with Crippen molar-refractivity contribution in [2.75, 3.05) is 7.05 Å². The highest BCUT2D eigenvalue weighted by atomic mass is 32.2. The maximum Gasteiger partial charge on any atom is 0.240 e. The molecular weight excluding hydrogens is 328 g/mol. The molecular formula is C17H22N2O4S. The molecule has 24 heavy (non-hydrogen) atoms. The van der Waals surface area contributed by atoms with Crippen LogP contribution in [0.5, 0.6) is 0 Å². The molecule has 1 aromatic carbocycles. The number of aryl methyl sites for hydroxylation is 1. The van der Waals surface area contributed by atoms with E-state index in [0.717, 1.165) is 25.7 Å². The number of carbonyl (C=O) groups excluding carboxylic acids is 2. The molecule has 0 unspecified atom stereocenters. The number of likely N-dealkylation sites (tertiary alicyclic amines) is 1. The third-order valence-corrected chi connectivity index (χ3v) is 6.64. The van der Waals surface area contributed by atoms with Gasteiger partial charge in [0.25, 0.3) is 0 Å². The van der Waals surface area contributed by atoms with E-state index in [9.17, 15) is 18.0 Å². The summed E-state index contributed by atoms with van der Waals surface area (Å²) in [5, 5.41) is 0. The zero-order valence-electron chi connectivity index (χ0n) is 13.9. The second kappa shape index (κ2) is 6.29. The summed E-state index contributed by atoms with van der Waals surface area (Å²) in [5.74, 6) is -0.582. The summed E-state index contributed by atoms with van der Waals surface area (Å²) in [6, 6.07) is 5.02. The molecule has 2 fully saturated rings. The number of nitrogens with one attached hydrogen (secondary N) is 1. The topological polar surface area (TPSA) is 83.6 Å². The standard InChI is InChI=1S/C17H22N2O4S/c1-11-7-8-12(9-15(11)24(22,23)18-2)10-19-16(20)13-5-3-4-6-14(13)17(19)21/h7-9,13-14,18H,3-6,10H2,1-2H3/t13-,14-/m0/s1. The first-order chi connectivity index (χ1) is 11.3. The van der Waals surface area contributed by atoms with Crippen LogP contribution in [0.25, 0.3) is 0 Å². The predicted molar refractivity (Wildman–Crippen MR) is 88.4 cm³/mol. The minimum absolute atomic E-state index is 0.108. The van der Waals surface area contributed by atoms with Crippen LogP contribution in [0, 0.1) is 18.8 Å². The van der Waals surface area contributed by atoms with Gasteiger partial charge in [-0.3, -0.25) is 14.5 Å². The van der Waals surface area contributed by atoms with Crippen LogP contribution < -0.4 is 4.72 Å². The van der Waals surface area contributed by atoms with E-state index in [-0.39, 0.29) is 35.1 Å².